The number of anilines is 2. The molecular formula is C22H24N4O2. The Labute approximate surface area is 165 Å². The maximum atomic E-state index is 12.5. The summed E-state index contributed by atoms with van der Waals surface area (Å²) in [6, 6.07) is 19.1. The number of hydrogen-bond donors (Lipinski definition) is 2. The predicted octanol–water partition coefficient (Wildman–Crippen LogP) is 4.44. The summed E-state index contributed by atoms with van der Waals surface area (Å²) in [6.45, 7) is 6.32. The summed E-state index contributed by atoms with van der Waals surface area (Å²) >= 11 is 0. The van der Waals surface area contributed by atoms with Gasteiger partial charge < -0.3 is 15.4 Å². The number of aryl methyl sites for hydroxylation is 1. The molecule has 0 bridgehead atoms. The van der Waals surface area contributed by atoms with Crippen LogP contribution in [0.25, 0.3) is 0 Å². The van der Waals surface area contributed by atoms with Gasteiger partial charge in [0.2, 0.25) is 5.95 Å². The van der Waals surface area contributed by atoms with Gasteiger partial charge in [-0.3, -0.25) is 4.79 Å². The van der Waals surface area contributed by atoms with Crippen molar-refractivity contribution in [1.82, 2.24) is 9.97 Å². The van der Waals surface area contributed by atoms with E-state index < -0.39 is 0 Å². The molecule has 28 heavy (non-hydrogen) atoms. The van der Waals surface area contributed by atoms with Gasteiger partial charge in [0.1, 0.15) is 18.1 Å². The minimum atomic E-state index is -0.282. The molecular weight excluding hydrogens is 352 g/mol. The molecule has 2 aromatic carbocycles. The zero-order valence-corrected chi connectivity index (χ0v) is 16.3. The van der Waals surface area contributed by atoms with Crippen molar-refractivity contribution in [3.63, 3.8) is 0 Å². The first kappa shape index (κ1) is 19.4. The number of carbonyl (C=O) groups is 1. The van der Waals surface area contributed by atoms with E-state index in [1.165, 1.54) is 0 Å². The molecule has 0 saturated heterocycles. The Morgan fingerprint density at radius 3 is 2.43 bits per heavy atom. The van der Waals surface area contributed by atoms with Gasteiger partial charge in [0.25, 0.3) is 5.91 Å². The number of rotatable bonds is 7. The highest BCUT2D eigenvalue weighted by molar-refractivity contribution is 6.03. The normalized spacial score (nSPS) is 10.6. The number of ether oxygens (including phenoxy) is 1. The Kier molecular flexibility index (Phi) is 6.22. The van der Waals surface area contributed by atoms with E-state index in [9.17, 15) is 4.79 Å². The third-order valence-electron chi connectivity index (χ3n) is 3.87. The van der Waals surface area contributed by atoms with Gasteiger partial charge in [0.05, 0.1) is 0 Å². The van der Waals surface area contributed by atoms with Crippen LogP contribution in [-0.2, 0) is 6.61 Å². The Morgan fingerprint density at radius 2 is 1.75 bits per heavy atom. The number of nitrogens with one attached hydrogen (secondary N) is 2. The van der Waals surface area contributed by atoms with Crippen LogP contribution in [0.4, 0.5) is 11.6 Å². The van der Waals surface area contributed by atoms with Crippen LogP contribution in [-0.4, -0.2) is 21.9 Å². The molecule has 0 unspecified atom stereocenters. The molecule has 0 spiro atoms. The Morgan fingerprint density at radius 1 is 1.04 bits per heavy atom. The highest BCUT2D eigenvalue weighted by Gasteiger charge is 2.11. The molecule has 144 valence electrons. The van der Waals surface area contributed by atoms with E-state index in [1.54, 1.807) is 18.2 Å². The van der Waals surface area contributed by atoms with Crippen molar-refractivity contribution in [2.24, 2.45) is 0 Å². The smallest absolute Gasteiger partial charge is 0.274 e. The fourth-order valence-corrected chi connectivity index (χ4v) is 2.58. The van der Waals surface area contributed by atoms with E-state index in [0.717, 1.165) is 17.0 Å². The first-order valence-corrected chi connectivity index (χ1v) is 9.20. The van der Waals surface area contributed by atoms with Gasteiger partial charge in [-0.2, -0.15) is 0 Å². The molecule has 1 heterocycles. The second-order valence-electron chi connectivity index (χ2n) is 6.77. The number of aromatic nitrogens is 2. The average Bonchev–Trinajstić information content (AvgIpc) is 2.67. The molecule has 3 aromatic rings. The topological polar surface area (TPSA) is 76.1 Å². The van der Waals surface area contributed by atoms with Gasteiger partial charge in [-0.25, -0.2) is 9.97 Å². The van der Waals surface area contributed by atoms with Gasteiger partial charge in [-0.15, -0.1) is 0 Å². The van der Waals surface area contributed by atoms with Crippen LogP contribution >= 0.6 is 0 Å². The third-order valence-corrected chi connectivity index (χ3v) is 3.87. The minimum Gasteiger partial charge on any atom is -0.489 e. The highest BCUT2D eigenvalue weighted by atomic mass is 16.5. The second kappa shape index (κ2) is 8.99. The van der Waals surface area contributed by atoms with Crippen LogP contribution in [0, 0.1) is 6.92 Å². The first-order valence-electron chi connectivity index (χ1n) is 9.20. The summed E-state index contributed by atoms with van der Waals surface area (Å²) in [5.74, 6) is 0.906. The molecule has 2 N–H and O–H groups in total. The zero-order valence-electron chi connectivity index (χ0n) is 16.3. The lowest BCUT2D eigenvalue weighted by molar-refractivity contribution is 0.102. The third kappa shape index (κ3) is 5.54. The van der Waals surface area contributed by atoms with Gasteiger partial charge in [-0.1, -0.05) is 30.3 Å². The van der Waals surface area contributed by atoms with Crippen molar-refractivity contribution in [2.45, 2.75) is 33.4 Å². The summed E-state index contributed by atoms with van der Waals surface area (Å²) in [5, 5.41) is 5.98. The Bertz CT molecular complexity index is 925. The average molecular weight is 376 g/mol. The SMILES string of the molecule is Cc1cc(C(=O)Nc2ccc(OCc3ccccc3)cc2)nc(NC(C)C)n1. The van der Waals surface area contributed by atoms with Gasteiger partial charge in [0, 0.05) is 17.4 Å². The summed E-state index contributed by atoms with van der Waals surface area (Å²) in [4.78, 5) is 21.1. The molecule has 0 radical (unpaired) electrons. The molecule has 0 aliphatic carbocycles. The molecule has 3 rings (SSSR count). The fourth-order valence-electron chi connectivity index (χ4n) is 2.58. The highest BCUT2D eigenvalue weighted by Crippen LogP contribution is 2.18. The van der Waals surface area contributed by atoms with Gasteiger partial charge in [-0.05, 0) is 56.7 Å². The monoisotopic (exact) mass is 376 g/mol. The summed E-state index contributed by atoms with van der Waals surface area (Å²) in [6.07, 6.45) is 0. The predicted molar refractivity (Wildman–Crippen MR) is 111 cm³/mol. The number of amides is 1. The molecule has 0 saturated carbocycles. The maximum Gasteiger partial charge on any atom is 0.274 e. The van der Waals surface area contributed by atoms with E-state index in [4.69, 9.17) is 4.74 Å². The van der Waals surface area contributed by atoms with E-state index in [1.807, 2.05) is 63.2 Å². The largest absolute Gasteiger partial charge is 0.489 e. The number of carbonyl (C=O) groups excluding carboxylic acids is 1. The van der Waals surface area contributed by atoms with Crippen LogP contribution < -0.4 is 15.4 Å². The lowest BCUT2D eigenvalue weighted by Crippen LogP contribution is -2.18. The van der Waals surface area contributed by atoms with E-state index in [-0.39, 0.29) is 11.9 Å². The molecule has 0 aliphatic rings. The second-order valence-corrected chi connectivity index (χ2v) is 6.77. The molecule has 0 aliphatic heterocycles. The summed E-state index contributed by atoms with van der Waals surface area (Å²) < 4.78 is 5.76. The van der Waals surface area contributed by atoms with Gasteiger partial charge in [0.15, 0.2) is 0 Å². The Hall–Kier alpha value is -3.41. The van der Waals surface area contributed by atoms with Crippen LogP contribution in [0.15, 0.2) is 60.7 Å². The van der Waals surface area contributed by atoms with Crippen molar-refractivity contribution in [3.8, 4) is 5.75 Å². The molecule has 6 heteroatoms. The standard InChI is InChI=1S/C22H24N4O2/c1-15(2)23-22-24-16(3)13-20(26-22)21(27)25-18-9-11-19(12-10-18)28-14-17-7-5-4-6-8-17/h4-13,15H,14H2,1-3H3,(H,25,27)(H,23,24,26). The fraction of sp³-hybridized carbons (Fsp3) is 0.227. The maximum absolute atomic E-state index is 12.5. The zero-order chi connectivity index (χ0) is 19.9. The molecule has 1 amide bonds. The minimum absolute atomic E-state index is 0.182. The number of nitrogens with zero attached hydrogens (tertiary/aromatic N) is 2. The quantitative estimate of drug-likeness (QED) is 0.638. The summed E-state index contributed by atoms with van der Waals surface area (Å²) in [7, 11) is 0. The van der Waals surface area contributed by atoms with E-state index >= 15 is 0 Å². The van der Waals surface area contributed by atoms with Gasteiger partial charge >= 0.3 is 0 Å². The summed E-state index contributed by atoms with van der Waals surface area (Å²) in [5.41, 5.74) is 2.82. The van der Waals surface area contributed by atoms with Crippen LogP contribution in [0.2, 0.25) is 0 Å². The first-order chi connectivity index (χ1) is 13.5. The van der Waals surface area contributed by atoms with Crippen LogP contribution in [0.1, 0.15) is 35.6 Å². The van der Waals surface area contributed by atoms with E-state index in [2.05, 4.69) is 20.6 Å². The van der Waals surface area contributed by atoms with Crippen molar-refractivity contribution in [2.75, 3.05) is 10.6 Å². The van der Waals surface area contributed by atoms with Crippen molar-refractivity contribution < 1.29 is 9.53 Å². The Balaban J connectivity index is 1.62. The molecule has 1 aromatic heterocycles. The number of benzene rings is 2. The molecule has 0 fully saturated rings. The number of hydrogen-bond acceptors (Lipinski definition) is 5. The lowest BCUT2D eigenvalue weighted by atomic mass is 10.2. The molecule has 0 atom stereocenters. The van der Waals surface area contributed by atoms with Crippen LogP contribution in [0.5, 0.6) is 5.75 Å². The van der Waals surface area contributed by atoms with E-state index in [0.29, 0.717) is 23.9 Å². The van der Waals surface area contributed by atoms with Crippen LogP contribution in [0.3, 0.4) is 0 Å². The lowest BCUT2D eigenvalue weighted by Gasteiger charge is -2.11. The van der Waals surface area contributed by atoms with Crippen molar-refractivity contribution in [1.29, 1.82) is 0 Å². The van der Waals surface area contributed by atoms with Crippen molar-refractivity contribution in [3.05, 3.63) is 77.6 Å². The van der Waals surface area contributed by atoms with Crippen molar-refractivity contribution >= 4 is 17.5 Å². The molecule has 6 nitrogen and oxygen atoms in total.